The summed E-state index contributed by atoms with van der Waals surface area (Å²) in [6, 6.07) is 13.2. The highest BCUT2D eigenvalue weighted by Gasteiger charge is 2.36. The van der Waals surface area contributed by atoms with Gasteiger partial charge in [0.25, 0.3) is 0 Å². The van der Waals surface area contributed by atoms with Crippen molar-refractivity contribution in [1.29, 1.82) is 0 Å². The maximum absolute atomic E-state index is 12.7. The molecule has 1 unspecified atom stereocenters. The van der Waals surface area contributed by atoms with Gasteiger partial charge in [0.15, 0.2) is 0 Å². The molecule has 1 N–H and O–H groups in total. The third kappa shape index (κ3) is 4.88. The maximum atomic E-state index is 12.7. The van der Waals surface area contributed by atoms with E-state index in [2.05, 4.69) is 10.3 Å². The van der Waals surface area contributed by atoms with Crippen LogP contribution in [-0.2, 0) is 22.7 Å². The van der Waals surface area contributed by atoms with E-state index in [9.17, 15) is 9.59 Å². The summed E-state index contributed by atoms with van der Waals surface area (Å²) >= 11 is 6.09. The Hall–Kier alpha value is -3.32. The van der Waals surface area contributed by atoms with Crippen molar-refractivity contribution in [3.8, 4) is 5.75 Å². The zero-order valence-electron chi connectivity index (χ0n) is 17.1. The normalized spacial score (nSPS) is 15.9. The summed E-state index contributed by atoms with van der Waals surface area (Å²) < 4.78 is 7.34. The van der Waals surface area contributed by atoms with Crippen molar-refractivity contribution >= 4 is 29.1 Å². The Balaban J connectivity index is 1.34. The van der Waals surface area contributed by atoms with Crippen LogP contribution in [-0.4, -0.2) is 35.0 Å². The fourth-order valence-electron chi connectivity index (χ4n) is 3.68. The van der Waals surface area contributed by atoms with Crippen LogP contribution in [0.5, 0.6) is 5.75 Å². The summed E-state index contributed by atoms with van der Waals surface area (Å²) in [5.41, 5.74) is 2.74. The Morgan fingerprint density at radius 2 is 2.00 bits per heavy atom. The number of halogens is 1. The van der Waals surface area contributed by atoms with E-state index in [0.29, 0.717) is 29.5 Å². The van der Waals surface area contributed by atoms with Gasteiger partial charge >= 0.3 is 0 Å². The van der Waals surface area contributed by atoms with Crippen molar-refractivity contribution in [2.75, 3.05) is 18.6 Å². The number of hydrogen-bond acceptors (Lipinski definition) is 4. The summed E-state index contributed by atoms with van der Waals surface area (Å²) in [6.07, 6.45) is 5.60. The molecule has 0 spiro atoms. The van der Waals surface area contributed by atoms with Gasteiger partial charge in [-0.1, -0.05) is 35.9 Å². The predicted molar refractivity (Wildman–Crippen MR) is 118 cm³/mol. The lowest BCUT2D eigenvalue weighted by atomic mass is 10.1. The number of anilines is 1. The van der Waals surface area contributed by atoms with Crippen molar-refractivity contribution in [2.45, 2.75) is 19.5 Å². The molecule has 1 aliphatic rings. The molecule has 0 radical (unpaired) electrons. The summed E-state index contributed by atoms with van der Waals surface area (Å²) in [5.74, 6) is -0.129. The third-order valence-electron chi connectivity index (χ3n) is 5.34. The maximum Gasteiger partial charge on any atom is 0.227 e. The molecule has 1 aliphatic heterocycles. The van der Waals surface area contributed by atoms with E-state index >= 15 is 0 Å². The first kappa shape index (κ1) is 20.9. The third-order valence-corrected chi connectivity index (χ3v) is 5.58. The van der Waals surface area contributed by atoms with Crippen LogP contribution in [0.2, 0.25) is 5.02 Å². The van der Waals surface area contributed by atoms with Crippen LogP contribution in [0.3, 0.4) is 0 Å². The van der Waals surface area contributed by atoms with Crippen molar-refractivity contribution in [3.63, 3.8) is 0 Å². The van der Waals surface area contributed by atoms with Gasteiger partial charge in [-0.3, -0.25) is 9.59 Å². The van der Waals surface area contributed by atoms with E-state index in [-0.39, 0.29) is 18.2 Å². The van der Waals surface area contributed by atoms with E-state index in [0.717, 1.165) is 17.7 Å². The van der Waals surface area contributed by atoms with Crippen LogP contribution in [0.25, 0.3) is 0 Å². The summed E-state index contributed by atoms with van der Waals surface area (Å²) in [6.45, 7) is 1.46. The quantitative estimate of drug-likeness (QED) is 0.614. The van der Waals surface area contributed by atoms with Crippen molar-refractivity contribution in [1.82, 2.24) is 14.9 Å². The number of ether oxygens (including phenoxy) is 1. The molecule has 7 nitrogen and oxygen atoms in total. The fourth-order valence-corrected chi connectivity index (χ4v) is 3.84. The molecule has 1 atom stereocenters. The number of aromatic nitrogens is 2. The molecule has 1 aromatic heterocycles. The molecule has 2 amide bonds. The highest BCUT2D eigenvalue weighted by atomic mass is 35.5. The zero-order valence-corrected chi connectivity index (χ0v) is 17.9. The topological polar surface area (TPSA) is 76.5 Å². The molecule has 4 rings (SSSR count). The number of imidazole rings is 1. The number of carbonyl (C=O) groups excluding carboxylic acids is 2. The Bertz CT molecular complexity index is 1070. The molecule has 0 bridgehead atoms. The number of methoxy groups -OCH3 is 1. The Morgan fingerprint density at radius 1 is 1.23 bits per heavy atom. The summed E-state index contributed by atoms with van der Waals surface area (Å²) in [5, 5.41) is 3.46. The van der Waals surface area contributed by atoms with Gasteiger partial charge in [-0.15, -0.1) is 0 Å². The molecule has 8 heteroatoms. The van der Waals surface area contributed by atoms with Crippen molar-refractivity contribution in [3.05, 3.63) is 77.3 Å². The molecular formula is C23H23ClN4O3. The van der Waals surface area contributed by atoms with Gasteiger partial charge in [0.05, 0.1) is 25.0 Å². The Kier molecular flexibility index (Phi) is 6.23. The van der Waals surface area contributed by atoms with E-state index in [4.69, 9.17) is 16.3 Å². The number of amides is 2. The van der Waals surface area contributed by atoms with Gasteiger partial charge in [0, 0.05) is 43.5 Å². The highest BCUT2D eigenvalue weighted by molar-refractivity contribution is 6.31. The lowest BCUT2D eigenvalue weighted by Crippen LogP contribution is -2.32. The average molecular weight is 439 g/mol. The molecular weight excluding hydrogens is 416 g/mol. The largest absolute Gasteiger partial charge is 0.495 e. The number of nitrogens with one attached hydrogen (secondary N) is 1. The van der Waals surface area contributed by atoms with Gasteiger partial charge in [-0.2, -0.15) is 0 Å². The van der Waals surface area contributed by atoms with E-state index in [1.807, 2.05) is 35.0 Å². The van der Waals surface area contributed by atoms with Gasteiger partial charge in [-0.05, 0) is 29.3 Å². The minimum atomic E-state index is -0.420. The first-order chi connectivity index (χ1) is 15.0. The van der Waals surface area contributed by atoms with Crippen LogP contribution < -0.4 is 15.0 Å². The molecule has 160 valence electrons. The lowest BCUT2D eigenvalue weighted by molar-refractivity contribution is -0.126. The zero-order chi connectivity index (χ0) is 21.8. The second-order valence-corrected chi connectivity index (χ2v) is 7.93. The number of nitrogens with zero attached hydrogens (tertiary/aromatic N) is 3. The first-order valence-corrected chi connectivity index (χ1v) is 10.4. The van der Waals surface area contributed by atoms with Crippen LogP contribution >= 0.6 is 11.6 Å². The van der Waals surface area contributed by atoms with Crippen LogP contribution in [0, 0.1) is 5.92 Å². The molecule has 0 saturated carbocycles. The van der Waals surface area contributed by atoms with Gasteiger partial charge in [0.2, 0.25) is 11.8 Å². The minimum Gasteiger partial charge on any atom is -0.495 e. The second kappa shape index (κ2) is 9.22. The Labute approximate surface area is 185 Å². The van der Waals surface area contributed by atoms with E-state index < -0.39 is 5.92 Å². The summed E-state index contributed by atoms with van der Waals surface area (Å²) in [7, 11) is 1.54. The average Bonchev–Trinajstić information content (AvgIpc) is 3.42. The molecule has 31 heavy (non-hydrogen) atoms. The van der Waals surface area contributed by atoms with Crippen molar-refractivity contribution < 1.29 is 14.3 Å². The fraction of sp³-hybridized carbons (Fsp3) is 0.261. The van der Waals surface area contributed by atoms with Gasteiger partial charge in [-0.25, -0.2) is 4.98 Å². The highest BCUT2D eigenvalue weighted by Crippen LogP contribution is 2.35. The molecule has 1 saturated heterocycles. The predicted octanol–water partition coefficient (Wildman–Crippen LogP) is 3.26. The number of rotatable bonds is 7. The standard InChI is InChI=1S/C23H23ClN4O3/c1-31-21-7-6-19(24)11-20(21)28-14-18(10-22(28)29)23(30)26-12-16-2-4-17(5-3-16)13-27-9-8-25-15-27/h2-9,11,15,18H,10,12-14H2,1H3,(H,26,30). The van der Waals surface area contributed by atoms with Crippen LogP contribution in [0.4, 0.5) is 5.69 Å². The molecule has 2 aromatic carbocycles. The number of benzene rings is 2. The number of hydrogen-bond donors (Lipinski definition) is 1. The molecule has 1 fully saturated rings. The smallest absolute Gasteiger partial charge is 0.227 e. The van der Waals surface area contributed by atoms with E-state index in [1.165, 1.54) is 7.11 Å². The van der Waals surface area contributed by atoms with Gasteiger partial charge in [0.1, 0.15) is 5.75 Å². The first-order valence-electron chi connectivity index (χ1n) is 9.98. The van der Waals surface area contributed by atoms with Gasteiger partial charge < -0.3 is 19.5 Å². The second-order valence-electron chi connectivity index (χ2n) is 7.49. The van der Waals surface area contributed by atoms with Crippen molar-refractivity contribution in [2.24, 2.45) is 5.92 Å². The van der Waals surface area contributed by atoms with Crippen LogP contribution in [0.15, 0.2) is 61.2 Å². The molecule has 0 aliphatic carbocycles. The SMILES string of the molecule is COc1ccc(Cl)cc1N1CC(C(=O)NCc2ccc(Cn3ccnc3)cc2)CC1=O. The van der Waals surface area contributed by atoms with E-state index in [1.54, 1.807) is 35.6 Å². The molecule has 3 aromatic rings. The minimum absolute atomic E-state index is 0.121. The monoisotopic (exact) mass is 438 g/mol. The number of carbonyl (C=O) groups is 2. The van der Waals surface area contributed by atoms with Crippen LogP contribution in [0.1, 0.15) is 17.5 Å². The lowest BCUT2D eigenvalue weighted by Gasteiger charge is -2.20. The Morgan fingerprint density at radius 3 is 2.71 bits per heavy atom. The summed E-state index contributed by atoms with van der Waals surface area (Å²) in [4.78, 5) is 30.8. The molecule has 2 heterocycles.